The molecule has 0 aliphatic heterocycles. The van der Waals surface area contributed by atoms with E-state index in [1.54, 1.807) is 0 Å². The summed E-state index contributed by atoms with van der Waals surface area (Å²) in [5, 5.41) is 8.28. The smallest absolute Gasteiger partial charge is 0.348 e. The van der Waals surface area contributed by atoms with Gasteiger partial charge >= 0.3 is 7.60 Å². The molecule has 0 saturated carbocycles. The Labute approximate surface area is 53.2 Å². The standard InChI is InChI=1S/C3H10NO4P/c1-7-9(6,8-4)3-2-5/h5H,2-4H2,1H3. The lowest BCUT2D eigenvalue weighted by Crippen LogP contribution is -2.04. The number of hydrogen-bond donors (Lipinski definition) is 2. The number of aliphatic hydroxyl groups excluding tert-OH is 1. The summed E-state index contributed by atoms with van der Waals surface area (Å²) in [6.07, 6.45) is -0.0694. The Morgan fingerprint density at radius 2 is 2.33 bits per heavy atom. The Kier molecular flexibility index (Phi) is 4.01. The van der Waals surface area contributed by atoms with Gasteiger partial charge in [-0.15, -0.1) is 0 Å². The summed E-state index contributed by atoms with van der Waals surface area (Å²) >= 11 is 0. The van der Waals surface area contributed by atoms with Crippen molar-refractivity contribution in [3.8, 4) is 0 Å². The minimum atomic E-state index is -3.15. The number of rotatable bonds is 4. The third-order valence-corrected chi connectivity index (χ3v) is 2.44. The van der Waals surface area contributed by atoms with E-state index in [1.165, 1.54) is 7.11 Å². The van der Waals surface area contributed by atoms with Crippen molar-refractivity contribution in [3.63, 3.8) is 0 Å². The molecule has 6 heteroatoms. The summed E-state index contributed by atoms with van der Waals surface area (Å²) in [6.45, 7) is -0.262. The minimum Gasteiger partial charge on any atom is -0.396 e. The van der Waals surface area contributed by atoms with Crippen LogP contribution in [0.4, 0.5) is 0 Å². The van der Waals surface area contributed by atoms with Gasteiger partial charge in [0.25, 0.3) is 0 Å². The topological polar surface area (TPSA) is 81.8 Å². The minimum absolute atomic E-state index is 0.0694. The molecule has 0 spiro atoms. The molecule has 0 aliphatic carbocycles. The van der Waals surface area contributed by atoms with Crippen molar-refractivity contribution in [2.24, 2.45) is 5.90 Å². The van der Waals surface area contributed by atoms with Crippen LogP contribution in [0.5, 0.6) is 0 Å². The molecule has 0 heterocycles. The maximum atomic E-state index is 10.8. The zero-order valence-electron chi connectivity index (χ0n) is 5.11. The second kappa shape index (κ2) is 3.98. The second-order valence-corrected chi connectivity index (χ2v) is 3.59. The molecule has 0 aromatic heterocycles. The Balaban J connectivity index is 3.78. The van der Waals surface area contributed by atoms with E-state index < -0.39 is 7.60 Å². The predicted octanol–water partition coefficient (Wildman–Crippen LogP) is -0.292. The third-order valence-electron chi connectivity index (χ3n) is 0.813. The van der Waals surface area contributed by atoms with Crippen molar-refractivity contribution >= 4 is 7.60 Å². The number of nitrogens with two attached hydrogens (primary N) is 1. The van der Waals surface area contributed by atoms with Gasteiger partial charge in [0.1, 0.15) is 0 Å². The second-order valence-electron chi connectivity index (χ2n) is 1.35. The fraction of sp³-hybridized carbons (Fsp3) is 1.00. The van der Waals surface area contributed by atoms with Crippen LogP contribution in [0.15, 0.2) is 0 Å². The Bertz CT molecular complexity index is 108. The molecule has 3 N–H and O–H groups in total. The highest BCUT2D eigenvalue weighted by Crippen LogP contribution is 2.44. The van der Waals surface area contributed by atoms with Gasteiger partial charge in [-0.3, -0.25) is 4.57 Å². The summed E-state index contributed by atoms with van der Waals surface area (Å²) in [7, 11) is -1.94. The maximum Gasteiger partial charge on any atom is 0.348 e. The lowest BCUT2D eigenvalue weighted by Gasteiger charge is -2.09. The van der Waals surface area contributed by atoms with E-state index in [9.17, 15) is 4.57 Å². The van der Waals surface area contributed by atoms with Gasteiger partial charge < -0.3 is 9.63 Å². The quantitative estimate of drug-likeness (QED) is 0.430. The van der Waals surface area contributed by atoms with E-state index in [0.29, 0.717) is 0 Å². The van der Waals surface area contributed by atoms with Gasteiger partial charge in [0.15, 0.2) is 0 Å². The SMILES string of the molecule is COP(=O)(CCO)ON. The van der Waals surface area contributed by atoms with Crippen LogP contribution < -0.4 is 5.90 Å². The van der Waals surface area contributed by atoms with Crippen molar-refractivity contribution in [2.45, 2.75) is 0 Å². The number of hydrogen-bond acceptors (Lipinski definition) is 5. The summed E-state index contributed by atoms with van der Waals surface area (Å²) in [4.78, 5) is 0. The molecule has 0 aromatic carbocycles. The van der Waals surface area contributed by atoms with E-state index in [0.717, 1.165) is 0 Å². The van der Waals surface area contributed by atoms with Crippen LogP contribution in [0.3, 0.4) is 0 Å². The molecule has 0 saturated heterocycles. The zero-order chi connectivity index (χ0) is 7.33. The first-order valence-corrected chi connectivity index (χ1v) is 4.05. The van der Waals surface area contributed by atoms with Gasteiger partial charge in [0.2, 0.25) is 0 Å². The van der Waals surface area contributed by atoms with Crippen molar-refractivity contribution < 1.29 is 18.8 Å². The van der Waals surface area contributed by atoms with Crippen LogP contribution in [-0.2, 0) is 13.7 Å². The van der Waals surface area contributed by atoms with Gasteiger partial charge in [-0.2, -0.15) is 0 Å². The highest BCUT2D eigenvalue weighted by Gasteiger charge is 2.19. The molecule has 1 atom stereocenters. The Hall–Kier alpha value is 0.0700. The van der Waals surface area contributed by atoms with Crippen molar-refractivity contribution in [1.82, 2.24) is 0 Å². The molecule has 0 amide bonds. The van der Waals surface area contributed by atoms with Crippen molar-refractivity contribution in [2.75, 3.05) is 19.9 Å². The highest BCUT2D eigenvalue weighted by atomic mass is 31.2. The molecule has 9 heavy (non-hydrogen) atoms. The van der Waals surface area contributed by atoms with Crippen molar-refractivity contribution in [3.05, 3.63) is 0 Å². The average molecular weight is 155 g/mol. The predicted molar refractivity (Wildman–Crippen MR) is 31.8 cm³/mol. The van der Waals surface area contributed by atoms with E-state index in [-0.39, 0.29) is 12.8 Å². The van der Waals surface area contributed by atoms with Gasteiger partial charge in [-0.05, 0) is 0 Å². The molecule has 1 unspecified atom stereocenters. The van der Waals surface area contributed by atoms with Gasteiger partial charge in [0, 0.05) is 7.11 Å². The Morgan fingerprint density at radius 1 is 1.78 bits per heavy atom. The molecule has 0 radical (unpaired) electrons. The van der Waals surface area contributed by atoms with Gasteiger partial charge in [0.05, 0.1) is 12.8 Å². The zero-order valence-corrected chi connectivity index (χ0v) is 6.01. The monoisotopic (exact) mass is 155 g/mol. The lowest BCUT2D eigenvalue weighted by molar-refractivity contribution is 0.227. The fourth-order valence-electron chi connectivity index (χ4n) is 0.309. The molecule has 56 valence electrons. The molecule has 0 aliphatic rings. The van der Waals surface area contributed by atoms with Crippen LogP contribution in [0.2, 0.25) is 0 Å². The lowest BCUT2D eigenvalue weighted by atomic mass is 10.9. The van der Waals surface area contributed by atoms with Crippen LogP contribution in [0.1, 0.15) is 0 Å². The van der Waals surface area contributed by atoms with E-state index in [1.807, 2.05) is 0 Å². The first-order valence-electron chi connectivity index (χ1n) is 2.32. The van der Waals surface area contributed by atoms with E-state index in [4.69, 9.17) is 5.11 Å². The summed E-state index contributed by atoms with van der Waals surface area (Å²) < 4.78 is 19.2. The first kappa shape index (κ1) is 9.07. The first-order chi connectivity index (χ1) is 4.18. The maximum absolute atomic E-state index is 10.8. The largest absolute Gasteiger partial charge is 0.396 e. The van der Waals surface area contributed by atoms with E-state index >= 15 is 0 Å². The number of aliphatic hydroxyl groups is 1. The average Bonchev–Trinajstić information content (AvgIpc) is 1.89. The molecule has 0 rings (SSSR count). The Morgan fingerprint density at radius 3 is 2.44 bits per heavy atom. The molecule has 0 aromatic rings. The van der Waals surface area contributed by atoms with Crippen LogP contribution in [-0.4, -0.2) is 25.0 Å². The van der Waals surface area contributed by atoms with Gasteiger partial charge in [-0.25, -0.2) is 10.5 Å². The van der Waals surface area contributed by atoms with E-state index in [2.05, 4.69) is 15.0 Å². The van der Waals surface area contributed by atoms with Crippen LogP contribution in [0.25, 0.3) is 0 Å². The highest BCUT2D eigenvalue weighted by molar-refractivity contribution is 7.53. The molecule has 5 nitrogen and oxygen atoms in total. The summed E-state index contributed by atoms with van der Waals surface area (Å²) in [5.74, 6) is 4.60. The summed E-state index contributed by atoms with van der Waals surface area (Å²) in [5.41, 5.74) is 0. The molecule has 0 bridgehead atoms. The summed E-state index contributed by atoms with van der Waals surface area (Å²) in [6, 6.07) is 0. The fourth-order valence-corrected chi connectivity index (χ4v) is 0.928. The van der Waals surface area contributed by atoms with Crippen LogP contribution in [0, 0.1) is 0 Å². The molecule has 0 fully saturated rings. The van der Waals surface area contributed by atoms with Gasteiger partial charge in [-0.1, -0.05) is 0 Å². The van der Waals surface area contributed by atoms with Crippen LogP contribution >= 0.6 is 7.60 Å². The normalized spacial score (nSPS) is 17.2. The molecular formula is C3H10NO4P. The third kappa shape index (κ3) is 2.93. The van der Waals surface area contributed by atoms with Crippen molar-refractivity contribution in [1.29, 1.82) is 0 Å². The molecular weight excluding hydrogens is 145 g/mol.